The number of aromatic nitrogens is 1. The van der Waals surface area contributed by atoms with Gasteiger partial charge in [-0.15, -0.1) is 23.1 Å². The Morgan fingerprint density at radius 3 is 2.61 bits per heavy atom. The Morgan fingerprint density at radius 2 is 1.86 bits per heavy atom. The predicted molar refractivity (Wildman–Crippen MR) is 113 cm³/mol. The average molecular weight is 413 g/mol. The minimum atomic E-state index is -0.356. The summed E-state index contributed by atoms with van der Waals surface area (Å²) in [5.41, 5.74) is 10.2. The summed E-state index contributed by atoms with van der Waals surface area (Å²) in [6.07, 6.45) is 0. The first-order chi connectivity index (χ1) is 13.6. The second kappa shape index (κ2) is 9.91. The molecule has 1 heterocycles. The average Bonchev–Trinajstić information content (AvgIpc) is 3.24. The van der Waals surface area contributed by atoms with Gasteiger partial charge >= 0.3 is 0 Å². The second-order valence-electron chi connectivity index (χ2n) is 5.99. The first kappa shape index (κ1) is 19.9. The number of rotatable bonds is 7. The summed E-state index contributed by atoms with van der Waals surface area (Å²) in [6.45, 7) is 2.06. The molecule has 0 saturated carbocycles. The van der Waals surface area contributed by atoms with E-state index < -0.39 is 0 Å². The van der Waals surface area contributed by atoms with Gasteiger partial charge in [-0.05, 0) is 31.2 Å². The third-order valence-corrected chi connectivity index (χ3v) is 5.55. The molecule has 0 atom stereocenters. The molecule has 2 aromatic carbocycles. The van der Waals surface area contributed by atoms with Crippen molar-refractivity contribution < 1.29 is 9.59 Å². The maximum Gasteiger partial charge on any atom is 0.270 e. The lowest BCUT2D eigenvalue weighted by atomic mass is 10.2. The molecule has 3 aromatic rings. The zero-order chi connectivity index (χ0) is 19.8. The molecule has 6 nitrogen and oxygen atoms in total. The number of nitrogens with zero attached hydrogens (tertiary/aromatic N) is 1. The smallest absolute Gasteiger partial charge is 0.270 e. The van der Waals surface area contributed by atoms with Gasteiger partial charge in [0.2, 0.25) is 0 Å². The van der Waals surface area contributed by atoms with Crippen LogP contribution in [0.5, 0.6) is 0 Å². The second-order valence-corrected chi connectivity index (χ2v) is 7.72. The van der Waals surface area contributed by atoms with Crippen molar-refractivity contribution in [2.75, 3.05) is 11.9 Å². The van der Waals surface area contributed by atoms with Crippen LogP contribution in [0.25, 0.3) is 0 Å². The largest absolute Gasteiger partial charge is 0.376 e. The van der Waals surface area contributed by atoms with Crippen molar-refractivity contribution in [2.45, 2.75) is 17.6 Å². The van der Waals surface area contributed by atoms with E-state index in [-0.39, 0.29) is 18.4 Å². The van der Waals surface area contributed by atoms with Crippen molar-refractivity contribution in [3.63, 3.8) is 0 Å². The van der Waals surface area contributed by atoms with Crippen LogP contribution in [0.2, 0.25) is 0 Å². The number of benzene rings is 2. The fraction of sp³-hybridized carbons (Fsp3) is 0.150. The normalized spacial score (nSPS) is 10.3. The highest BCUT2D eigenvalue weighted by atomic mass is 32.2. The van der Waals surface area contributed by atoms with E-state index in [1.54, 1.807) is 29.0 Å². The number of aryl methyl sites for hydroxylation is 1. The summed E-state index contributed by atoms with van der Waals surface area (Å²) >= 11 is 3.08. The Hall–Kier alpha value is -2.84. The minimum absolute atomic E-state index is 0.0591. The molecule has 8 heteroatoms. The van der Waals surface area contributed by atoms with Gasteiger partial charge in [0.1, 0.15) is 0 Å². The summed E-state index contributed by atoms with van der Waals surface area (Å²) in [4.78, 5) is 29.5. The van der Waals surface area contributed by atoms with Crippen LogP contribution >= 0.6 is 23.1 Å². The third kappa shape index (κ3) is 5.83. The molecule has 0 aliphatic heterocycles. The molecule has 0 unspecified atom stereocenters. The molecule has 0 spiro atoms. The van der Waals surface area contributed by atoms with E-state index in [1.165, 1.54) is 11.8 Å². The van der Waals surface area contributed by atoms with Crippen molar-refractivity contribution in [2.24, 2.45) is 0 Å². The van der Waals surface area contributed by atoms with Crippen LogP contribution in [0.3, 0.4) is 0 Å². The molecule has 0 aliphatic carbocycles. The van der Waals surface area contributed by atoms with E-state index in [0.29, 0.717) is 11.3 Å². The van der Waals surface area contributed by atoms with Gasteiger partial charge in [0.15, 0.2) is 0 Å². The van der Waals surface area contributed by atoms with Gasteiger partial charge < -0.3 is 5.32 Å². The fourth-order valence-electron chi connectivity index (χ4n) is 2.33. The van der Waals surface area contributed by atoms with Crippen LogP contribution in [0.1, 0.15) is 21.6 Å². The zero-order valence-electron chi connectivity index (χ0n) is 15.3. The number of thiazole rings is 1. The van der Waals surface area contributed by atoms with E-state index in [4.69, 9.17) is 0 Å². The molecule has 144 valence electrons. The molecule has 0 fully saturated rings. The highest BCUT2D eigenvalue weighted by Gasteiger charge is 2.12. The lowest BCUT2D eigenvalue weighted by Gasteiger charge is -2.11. The molecule has 3 N–H and O–H groups in total. The molecular formula is C20H20N4O2S2. The van der Waals surface area contributed by atoms with E-state index >= 15 is 0 Å². The van der Waals surface area contributed by atoms with Crippen molar-refractivity contribution in [3.05, 3.63) is 76.2 Å². The maximum atomic E-state index is 12.5. The first-order valence-electron chi connectivity index (χ1n) is 8.60. The Bertz CT molecular complexity index is 928. The fourth-order valence-corrected chi connectivity index (χ4v) is 3.95. The van der Waals surface area contributed by atoms with Gasteiger partial charge in [0, 0.05) is 21.7 Å². The van der Waals surface area contributed by atoms with Gasteiger partial charge in [-0.3, -0.25) is 20.4 Å². The Morgan fingerprint density at radius 1 is 1.07 bits per heavy atom. The quantitative estimate of drug-likeness (QED) is 0.408. The Kier molecular flexibility index (Phi) is 7.05. The maximum absolute atomic E-state index is 12.5. The van der Waals surface area contributed by atoms with Gasteiger partial charge in [0.25, 0.3) is 11.8 Å². The summed E-state index contributed by atoms with van der Waals surface area (Å²) in [5, 5.41) is 4.99. The molecule has 0 saturated heterocycles. The van der Waals surface area contributed by atoms with Crippen molar-refractivity contribution in [3.8, 4) is 0 Å². The standard InChI is InChI=1S/C20H20N4O2S2/c1-14-6-8-15(9-7-14)21-10-19(25)23-24-20(26)17-4-2-3-5-18(17)28-12-16-11-27-13-22-16/h2-9,11,13,21H,10,12H2,1H3,(H,23,25)(H,24,26). The topological polar surface area (TPSA) is 83.1 Å². The number of amides is 2. The highest BCUT2D eigenvalue weighted by molar-refractivity contribution is 7.98. The van der Waals surface area contributed by atoms with Gasteiger partial charge in [-0.1, -0.05) is 29.8 Å². The summed E-state index contributed by atoms with van der Waals surface area (Å²) in [7, 11) is 0. The zero-order valence-corrected chi connectivity index (χ0v) is 16.9. The minimum Gasteiger partial charge on any atom is -0.376 e. The number of carbonyl (C=O) groups excluding carboxylic acids is 2. The van der Waals surface area contributed by atoms with Crippen molar-refractivity contribution >= 4 is 40.6 Å². The number of hydrazine groups is 1. The lowest BCUT2D eigenvalue weighted by Crippen LogP contribution is -2.44. The molecule has 0 bridgehead atoms. The van der Waals surface area contributed by atoms with Crippen molar-refractivity contribution in [1.29, 1.82) is 0 Å². The van der Waals surface area contributed by atoms with Crippen LogP contribution in [-0.4, -0.2) is 23.3 Å². The number of hydrogen-bond acceptors (Lipinski definition) is 6. The van der Waals surface area contributed by atoms with E-state index in [0.717, 1.165) is 21.8 Å². The number of thioether (sulfide) groups is 1. The number of hydrogen-bond donors (Lipinski definition) is 3. The highest BCUT2D eigenvalue weighted by Crippen LogP contribution is 2.26. The predicted octanol–water partition coefficient (Wildman–Crippen LogP) is 3.62. The van der Waals surface area contributed by atoms with Gasteiger partial charge in [0.05, 0.1) is 23.3 Å². The van der Waals surface area contributed by atoms with Gasteiger partial charge in [-0.2, -0.15) is 0 Å². The Labute approximate surface area is 171 Å². The third-order valence-electron chi connectivity index (χ3n) is 3.81. The summed E-state index contributed by atoms with van der Waals surface area (Å²) in [5.74, 6) is -0.00716. The van der Waals surface area contributed by atoms with Crippen LogP contribution in [0, 0.1) is 6.92 Å². The molecular weight excluding hydrogens is 392 g/mol. The molecule has 1 aromatic heterocycles. The monoisotopic (exact) mass is 412 g/mol. The molecule has 0 radical (unpaired) electrons. The molecule has 3 rings (SSSR count). The van der Waals surface area contributed by atoms with Crippen LogP contribution in [-0.2, 0) is 10.5 Å². The van der Waals surface area contributed by atoms with Gasteiger partial charge in [-0.25, -0.2) is 4.98 Å². The van der Waals surface area contributed by atoms with Crippen LogP contribution in [0.15, 0.2) is 64.3 Å². The van der Waals surface area contributed by atoms with Crippen molar-refractivity contribution in [1.82, 2.24) is 15.8 Å². The van der Waals surface area contributed by atoms with Crippen LogP contribution < -0.4 is 16.2 Å². The number of carbonyl (C=O) groups is 2. The van der Waals surface area contributed by atoms with Crippen LogP contribution in [0.4, 0.5) is 5.69 Å². The summed E-state index contributed by atoms with van der Waals surface area (Å²) in [6, 6.07) is 15.0. The molecule has 28 heavy (non-hydrogen) atoms. The van der Waals surface area contributed by atoms with E-state index in [1.807, 2.05) is 48.7 Å². The number of anilines is 1. The lowest BCUT2D eigenvalue weighted by molar-refractivity contribution is -0.120. The van der Waals surface area contributed by atoms with E-state index in [9.17, 15) is 9.59 Å². The molecule has 2 amide bonds. The first-order valence-corrected chi connectivity index (χ1v) is 10.5. The molecule has 0 aliphatic rings. The SMILES string of the molecule is Cc1ccc(NCC(=O)NNC(=O)c2ccccc2SCc2cscn2)cc1. The van der Waals surface area contributed by atoms with E-state index in [2.05, 4.69) is 21.2 Å². The summed E-state index contributed by atoms with van der Waals surface area (Å²) < 4.78 is 0. The number of nitrogens with one attached hydrogen (secondary N) is 3. The Balaban J connectivity index is 1.50.